The van der Waals surface area contributed by atoms with Crippen LogP contribution in [0.5, 0.6) is 0 Å². The fourth-order valence-electron chi connectivity index (χ4n) is 1.46. The van der Waals surface area contributed by atoms with Crippen molar-refractivity contribution < 1.29 is 22.7 Å². The summed E-state index contributed by atoms with van der Waals surface area (Å²) in [4.78, 5) is 0. The number of alkyl halides is 3. The lowest BCUT2D eigenvalue weighted by atomic mass is 9.93. The van der Waals surface area contributed by atoms with Gasteiger partial charge in [0.15, 0.2) is 6.10 Å². The van der Waals surface area contributed by atoms with E-state index in [0.29, 0.717) is 0 Å². The van der Waals surface area contributed by atoms with E-state index in [2.05, 4.69) is 0 Å². The van der Waals surface area contributed by atoms with Gasteiger partial charge in [-0.05, 0) is 17.7 Å². The molecule has 2 atom stereocenters. The van der Waals surface area contributed by atoms with Crippen molar-refractivity contribution in [2.45, 2.75) is 18.2 Å². The first-order valence-electron chi connectivity index (χ1n) is 4.67. The summed E-state index contributed by atoms with van der Waals surface area (Å²) in [6.45, 7) is -0.452. The van der Waals surface area contributed by atoms with Gasteiger partial charge >= 0.3 is 6.18 Å². The SMILES string of the molecule is NCC(c1ccc(F)cc1Cl)C(O)C(F)(F)F. The Hall–Kier alpha value is -0.850. The minimum atomic E-state index is -4.80. The van der Waals surface area contributed by atoms with Crippen molar-refractivity contribution >= 4 is 11.6 Å². The van der Waals surface area contributed by atoms with E-state index in [0.717, 1.165) is 18.2 Å². The van der Waals surface area contributed by atoms with Gasteiger partial charge < -0.3 is 10.8 Å². The van der Waals surface area contributed by atoms with Gasteiger partial charge in [-0.3, -0.25) is 0 Å². The van der Waals surface area contributed by atoms with E-state index in [9.17, 15) is 17.6 Å². The molecule has 17 heavy (non-hydrogen) atoms. The second-order valence-electron chi connectivity index (χ2n) is 3.49. The van der Waals surface area contributed by atoms with Crippen LogP contribution in [-0.4, -0.2) is 23.9 Å². The highest BCUT2D eigenvalue weighted by atomic mass is 35.5. The highest BCUT2D eigenvalue weighted by Gasteiger charge is 2.44. The summed E-state index contributed by atoms with van der Waals surface area (Å²) in [6.07, 6.45) is -7.43. The lowest BCUT2D eigenvalue weighted by Crippen LogP contribution is -2.38. The maximum atomic E-state index is 12.7. The summed E-state index contributed by atoms with van der Waals surface area (Å²) in [6, 6.07) is 2.93. The molecule has 0 heterocycles. The van der Waals surface area contributed by atoms with Gasteiger partial charge in [-0.1, -0.05) is 17.7 Å². The van der Waals surface area contributed by atoms with E-state index in [4.69, 9.17) is 22.4 Å². The van der Waals surface area contributed by atoms with Gasteiger partial charge in [0.2, 0.25) is 0 Å². The van der Waals surface area contributed by atoms with Crippen LogP contribution in [0.2, 0.25) is 5.02 Å². The average Bonchev–Trinajstić information content (AvgIpc) is 2.20. The normalized spacial score (nSPS) is 15.7. The maximum absolute atomic E-state index is 12.7. The molecule has 2 nitrogen and oxygen atoms in total. The molecule has 0 radical (unpaired) electrons. The average molecular weight is 272 g/mol. The Morgan fingerprint density at radius 1 is 1.35 bits per heavy atom. The molecule has 0 aliphatic carbocycles. The van der Waals surface area contributed by atoms with E-state index in [1.807, 2.05) is 0 Å². The highest BCUT2D eigenvalue weighted by molar-refractivity contribution is 6.31. The van der Waals surface area contributed by atoms with E-state index in [1.54, 1.807) is 0 Å². The van der Waals surface area contributed by atoms with Crippen LogP contribution in [0, 0.1) is 5.82 Å². The quantitative estimate of drug-likeness (QED) is 0.830. The first kappa shape index (κ1) is 14.2. The summed E-state index contributed by atoms with van der Waals surface area (Å²) in [5.41, 5.74) is 5.17. The summed E-state index contributed by atoms with van der Waals surface area (Å²) >= 11 is 5.62. The van der Waals surface area contributed by atoms with Crippen LogP contribution in [0.1, 0.15) is 11.5 Å². The zero-order valence-corrected chi connectivity index (χ0v) is 9.26. The molecule has 0 saturated heterocycles. The van der Waals surface area contributed by atoms with Crippen molar-refractivity contribution in [3.05, 3.63) is 34.6 Å². The van der Waals surface area contributed by atoms with Gasteiger partial charge in [0.05, 0.1) is 0 Å². The molecule has 0 aliphatic heterocycles. The molecular weight excluding hydrogens is 262 g/mol. The Morgan fingerprint density at radius 3 is 2.35 bits per heavy atom. The molecule has 0 spiro atoms. The molecule has 0 bridgehead atoms. The van der Waals surface area contributed by atoms with Crippen LogP contribution < -0.4 is 5.73 Å². The summed E-state index contributed by atoms with van der Waals surface area (Å²) in [5.74, 6) is -2.08. The van der Waals surface area contributed by atoms with Crippen molar-refractivity contribution in [2.24, 2.45) is 5.73 Å². The Balaban J connectivity index is 3.10. The van der Waals surface area contributed by atoms with Gasteiger partial charge in [-0.15, -0.1) is 0 Å². The topological polar surface area (TPSA) is 46.2 Å². The van der Waals surface area contributed by atoms with Crippen LogP contribution in [0.25, 0.3) is 0 Å². The lowest BCUT2D eigenvalue weighted by molar-refractivity contribution is -0.209. The Labute approximate surface area is 100.0 Å². The van der Waals surface area contributed by atoms with Crippen LogP contribution in [-0.2, 0) is 0 Å². The van der Waals surface area contributed by atoms with E-state index in [1.165, 1.54) is 0 Å². The number of hydrogen-bond acceptors (Lipinski definition) is 2. The predicted molar refractivity (Wildman–Crippen MR) is 55.3 cm³/mol. The molecule has 0 aliphatic rings. The monoisotopic (exact) mass is 271 g/mol. The van der Waals surface area contributed by atoms with Crippen molar-refractivity contribution in [2.75, 3.05) is 6.54 Å². The minimum Gasteiger partial charge on any atom is -0.383 e. The van der Waals surface area contributed by atoms with Crippen molar-refractivity contribution in [3.8, 4) is 0 Å². The van der Waals surface area contributed by atoms with E-state index < -0.39 is 30.6 Å². The Bertz CT molecular complexity index is 396. The molecule has 0 fully saturated rings. The largest absolute Gasteiger partial charge is 0.414 e. The number of benzene rings is 1. The van der Waals surface area contributed by atoms with Crippen LogP contribution in [0.4, 0.5) is 17.6 Å². The number of halogens is 5. The van der Waals surface area contributed by atoms with Crippen molar-refractivity contribution in [1.82, 2.24) is 0 Å². The third-order valence-electron chi connectivity index (χ3n) is 2.33. The molecule has 7 heteroatoms. The molecule has 0 saturated carbocycles. The minimum absolute atomic E-state index is 0.0274. The number of rotatable bonds is 3. The molecule has 96 valence electrons. The number of hydrogen-bond donors (Lipinski definition) is 2. The fraction of sp³-hybridized carbons (Fsp3) is 0.400. The lowest BCUT2D eigenvalue weighted by Gasteiger charge is -2.24. The molecule has 0 amide bonds. The Kier molecular flexibility index (Phi) is 4.35. The molecule has 1 aromatic carbocycles. The zero-order valence-electron chi connectivity index (χ0n) is 8.51. The van der Waals surface area contributed by atoms with Gasteiger partial charge in [-0.2, -0.15) is 13.2 Å². The number of nitrogens with two attached hydrogens (primary N) is 1. The summed E-state index contributed by atoms with van der Waals surface area (Å²) < 4.78 is 49.8. The molecule has 1 rings (SSSR count). The predicted octanol–water partition coefficient (Wildman–Crippen LogP) is 2.44. The van der Waals surface area contributed by atoms with Crippen LogP contribution in [0.15, 0.2) is 18.2 Å². The van der Waals surface area contributed by atoms with Gasteiger partial charge in [-0.25, -0.2) is 4.39 Å². The second-order valence-corrected chi connectivity index (χ2v) is 3.90. The van der Waals surface area contributed by atoms with Gasteiger partial charge in [0.1, 0.15) is 5.82 Å². The Morgan fingerprint density at radius 2 is 1.94 bits per heavy atom. The standard InChI is InChI=1S/C10H10ClF4NO/c11-8-3-5(12)1-2-6(8)7(4-16)9(17)10(13,14)15/h1-3,7,9,17H,4,16H2. The summed E-state index contributed by atoms with van der Waals surface area (Å²) in [7, 11) is 0. The number of aliphatic hydroxyl groups is 1. The van der Waals surface area contributed by atoms with E-state index in [-0.39, 0.29) is 10.6 Å². The van der Waals surface area contributed by atoms with Crippen LogP contribution in [0.3, 0.4) is 0 Å². The van der Waals surface area contributed by atoms with Gasteiger partial charge in [0.25, 0.3) is 0 Å². The third-order valence-corrected chi connectivity index (χ3v) is 2.66. The first-order valence-corrected chi connectivity index (χ1v) is 5.05. The van der Waals surface area contributed by atoms with Crippen LogP contribution >= 0.6 is 11.6 Å². The molecular formula is C10H10ClF4NO. The smallest absolute Gasteiger partial charge is 0.383 e. The molecule has 3 N–H and O–H groups in total. The highest BCUT2D eigenvalue weighted by Crippen LogP contribution is 2.34. The van der Waals surface area contributed by atoms with Crippen molar-refractivity contribution in [1.29, 1.82) is 0 Å². The molecule has 1 aromatic rings. The fourth-order valence-corrected chi connectivity index (χ4v) is 1.76. The number of aliphatic hydroxyl groups excluding tert-OH is 1. The maximum Gasteiger partial charge on any atom is 0.414 e. The summed E-state index contributed by atoms with van der Waals surface area (Å²) in [5, 5.41) is 8.94. The molecule has 2 unspecified atom stereocenters. The van der Waals surface area contributed by atoms with Gasteiger partial charge in [0, 0.05) is 17.5 Å². The zero-order chi connectivity index (χ0) is 13.2. The third kappa shape index (κ3) is 3.31. The first-order chi connectivity index (χ1) is 7.77. The van der Waals surface area contributed by atoms with Crippen molar-refractivity contribution in [3.63, 3.8) is 0 Å². The van der Waals surface area contributed by atoms with E-state index >= 15 is 0 Å². The second kappa shape index (κ2) is 5.20. The molecule has 0 aromatic heterocycles.